The number of nitrogens with one attached hydrogen (secondary N) is 1. The van der Waals surface area contributed by atoms with Crippen LogP contribution in [0.3, 0.4) is 0 Å². The Bertz CT molecular complexity index is 375. The predicted molar refractivity (Wildman–Crippen MR) is 84.1 cm³/mol. The second-order valence-corrected chi connectivity index (χ2v) is 7.46. The van der Waals surface area contributed by atoms with Crippen molar-refractivity contribution in [2.45, 2.75) is 32.1 Å². The van der Waals surface area contributed by atoms with E-state index in [-0.39, 0.29) is 0 Å². The van der Waals surface area contributed by atoms with Gasteiger partial charge in [0.2, 0.25) is 0 Å². The number of halogens is 2. The lowest BCUT2D eigenvalue weighted by atomic mass is 9.92. The molecule has 0 heterocycles. The van der Waals surface area contributed by atoms with Gasteiger partial charge >= 0.3 is 0 Å². The van der Waals surface area contributed by atoms with Crippen molar-refractivity contribution in [3.63, 3.8) is 0 Å². The van der Waals surface area contributed by atoms with Gasteiger partial charge in [0, 0.05) is 22.2 Å². The molecule has 0 aliphatic carbocycles. The van der Waals surface area contributed by atoms with Crippen LogP contribution in [0.5, 0.6) is 0 Å². The second kappa shape index (κ2) is 7.64. The Morgan fingerprint density at radius 1 is 1.17 bits per heavy atom. The van der Waals surface area contributed by atoms with E-state index in [0.29, 0.717) is 5.41 Å². The number of hydrogen-bond donors (Lipinski definition) is 1. The van der Waals surface area contributed by atoms with Gasteiger partial charge in [0.1, 0.15) is 0 Å². The minimum atomic E-state index is 0.399. The molecular weight excluding hydrogens is 285 g/mol. The number of hydrogen-bond acceptors (Lipinski definition) is 2. The van der Waals surface area contributed by atoms with Crippen LogP contribution in [-0.2, 0) is 0 Å². The molecule has 18 heavy (non-hydrogen) atoms. The van der Waals surface area contributed by atoms with Crippen LogP contribution in [0.15, 0.2) is 23.1 Å². The smallest absolute Gasteiger partial charge is 0.0542 e. The van der Waals surface area contributed by atoms with Crippen LogP contribution in [0, 0.1) is 5.41 Å². The summed E-state index contributed by atoms with van der Waals surface area (Å²) in [6.45, 7) is 8.83. The Balaban J connectivity index is 2.20. The van der Waals surface area contributed by atoms with Crippen molar-refractivity contribution in [2.24, 2.45) is 5.41 Å². The van der Waals surface area contributed by atoms with Crippen molar-refractivity contribution in [3.05, 3.63) is 28.2 Å². The van der Waals surface area contributed by atoms with Crippen molar-refractivity contribution < 1.29 is 0 Å². The first kappa shape index (κ1) is 16.2. The summed E-state index contributed by atoms with van der Waals surface area (Å²) < 4.78 is 0. The van der Waals surface area contributed by atoms with Crippen molar-refractivity contribution in [1.29, 1.82) is 0 Å². The van der Waals surface area contributed by atoms with Gasteiger partial charge in [0.25, 0.3) is 0 Å². The molecule has 0 spiro atoms. The molecule has 0 saturated heterocycles. The molecule has 0 atom stereocenters. The van der Waals surface area contributed by atoms with Gasteiger partial charge in [0.05, 0.1) is 5.02 Å². The maximum absolute atomic E-state index is 6.10. The van der Waals surface area contributed by atoms with E-state index in [1.54, 1.807) is 11.8 Å². The van der Waals surface area contributed by atoms with E-state index >= 15 is 0 Å². The molecular formula is C14H21Cl2NS. The molecule has 1 aromatic carbocycles. The third kappa shape index (κ3) is 6.89. The molecule has 0 saturated carbocycles. The largest absolute Gasteiger partial charge is 0.316 e. The Kier molecular flexibility index (Phi) is 6.86. The van der Waals surface area contributed by atoms with Gasteiger partial charge in [-0.15, -0.1) is 11.8 Å². The zero-order valence-electron chi connectivity index (χ0n) is 11.2. The Morgan fingerprint density at radius 2 is 1.89 bits per heavy atom. The lowest BCUT2D eigenvalue weighted by Crippen LogP contribution is -2.22. The lowest BCUT2D eigenvalue weighted by Gasteiger charge is -2.18. The zero-order chi connectivity index (χ0) is 13.6. The number of rotatable bonds is 6. The minimum absolute atomic E-state index is 0.399. The monoisotopic (exact) mass is 305 g/mol. The first-order chi connectivity index (χ1) is 8.38. The van der Waals surface area contributed by atoms with Crippen LogP contribution in [-0.4, -0.2) is 18.8 Å². The summed E-state index contributed by atoms with van der Waals surface area (Å²) in [7, 11) is 0. The van der Waals surface area contributed by atoms with Crippen LogP contribution >= 0.6 is 35.0 Å². The van der Waals surface area contributed by atoms with Gasteiger partial charge in [-0.2, -0.15) is 0 Å². The topological polar surface area (TPSA) is 12.0 Å². The zero-order valence-corrected chi connectivity index (χ0v) is 13.6. The Hall–Kier alpha value is 0.110. The third-order valence-electron chi connectivity index (χ3n) is 2.48. The molecule has 0 aliphatic heterocycles. The molecule has 0 aliphatic rings. The highest BCUT2D eigenvalue weighted by molar-refractivity contribution is 7.99. The fraction of sp³-hybridized carbons (Fsp3) is 0.571. The van der Waals surface area contributed by atoms with E-state index in [4.69, 9.17) is 23.2 Å². The van der Waals surface area contributed by atoms with E-state index in [0.717, 1.165) is 33.8 Å². The van der Waals surface area contributed by atoms with E-state index in [1.807, 2.05) is 18.2 Å². The molecule has 4 heteroatoms. The van der Waals surface area contributed by atoms with Gasteiger partial charge in [-0.05, 0) is 36.6 Å². The molecule has 1 N–H and O–H groups in total. The van der Waals surface area contributed by atoms with Gasteiger partial charge in [-0.25, -0.2) is 0 Å². The normalized spacial score (nSPS) is 11.8. The summed E-state index contributed by atoms with van der Waals surface area (Å²) in [5.41, 5.74) is 0.399. The third-order valence-corrected chi connectivity index (χ3v) is 4.22. The highest BCUT2D eigenvalue weighted by atomic mass is 35.5. The Morgan fingerprint density at radius 3 is 2.56 bits per heavy atom. The van der Waals surface area contributed by atoms with E-state index in [1.165, 1.54) is 6.42 Å². The summed E-state index contributed by atoms with van der Waals surface area (Å²) in [6, 6.07) is 5.58. The molecule has 1 aromatic rings. The van der Waals surface area contributed by atoms with E-state index < -0.39 is 0 Å². The molecule has 0 fully saturated rings. The maximum atomic E-state index is 6.10. The molecule has 1 nitrogen and oxygen atoms in total. The average molecular weight is 306 g/mol. The summed E-state index contributed by atoms with van der Waals surface area (Å²) in [6.07, 6.45) is 1.19. The van der Waals surface area contributed by atoms with Gasteiger partial charge < -0.3 is 5.32 Å². The van der Waals surface area contributed by atoms with Crippen LogP contribution in [0.2, 0.25) is 10.0 Å². The van der Waals surface area contributed by atoms with E-state index in [2.05, 4.69) is 26.1 Å². The van der Waals surface area contributed by atoms with Gasteiger partial charge in [-0.1, -0.05) is 44.0 Å². The molecule has 0 radical (unpaired) electrons. The van der Waals surface area contributed by atoms with Crippen molar-refractivity contribution in [2.75, 3.05) is 18.8 Å². The Labute approximate surface area is 125 Å². The lowest BCUT2D eigenvalue weighted by molar-refractivity contribution is 0.369. The van der Waals surface area contributed by atoms with Crippen LogP contribution < -0.4 is 5.32 Å². The highest BCUT2D eigenvalue weighted by Gasteiger charge is 2.08. The fourth-order valence-electron chi connectivity index (χ4n) is 1.41. The molecule has 102 valence electrons. The van der Waals surface area contributed by atoms with Gasteiger partial charge in [-0.3, -0.25) is 0 Å². The van der Waals surface area contributed by atoms with Crippen molar-refractivity contribution in [3.8, 4) is 0 Å². The first-order valence-electron chi connectivity index (χ1n) is 6.17. The number of thioether (sulfide) groups is 1. The summed E-state index contributed by atoms with van der Waals surface area (Å²) >= 11 is 13.8. The molecule has 0 bridgehead atoms. The van der Waals surface area contributed by atoms with Crippen LogP contribution in [0.4, 0.5) is 0 Å². The SMILES string of the molecule is CC(C)(C)CCNCCSc1cc(Cl)ccc1Cl. The molecule has 1 rings (SSSR count). The van der Waals surface area contributed by atoms with Gasteiger partial charge in [0.15, 0.2) is 0 Å². The minimum Gasteiger partial charge on any atom is -0.316 e. The second-order valence-electron chi connectivity index (χ2n) is 5.48. The van der Waals surface area contributed by atoms with Crippen LogP contribution in [0.25, 0.3) is 0 Å². The average Bonchev–Trinajstić information content (AvgIpc) is 2.26. The molecule has 0 amide bonds. The fourth-order valence-corrected chi connectivity index (χ4v) is 2.81. The highest BCUT2D eigenvalue weighted by Crippen LogP contribution is 2.29. The summed E-state index contributed by atoms with van der Waals surface area (Å²) in [5, 5.41) is 4.96. The number of benzene rings is 1. The maximum Gasteiger partial charge on any atom is 0.0542 e. The van der Waals surface area contributed by atoms with Crippen LogP contribution in [0.1, 0.15) is 27.2 Å². The van der Waals surface area contributed by atoms with Crippen molar-refractivity contribution >= 4 is 35.0 Å². The molecule has 0 unspecified atom stereocenters. The summed E-state index contributed by atoms with van der Waals surface area (Å²) in [4.78, 5) is 1.06. The summed E-state index contributed by atoms with van der Waals surface area (Å²) in [5.74, 6) is 1.00. The van der Waals surface area contributed by atoms with E-state index in [9.17, 15) is 0 Å². The quantitative estimate of drug-likeness (QED) is 0.579. The first-order valence-corrected chi connectivity index (χ1v) is 7.91. The predicted octanol–water partition coefficient (Wildman–Crippen LogP) is 5.11. The van der Waals surface area contributed by atoms with Crippen molar-refractivity contribution in [1.82, 2.24) is 5.32 Å². The standard InChI is InChI=1S/C14H21Cl2NS/c1-14(2,3)6-7-17-8-9-18-13-10-11(15)4-5-12(13)16/h4-5,10,17H,6-9H2,1-3H3. The molecule has 0 aromatic heterocycles.